The van der Waals surface area contributed by atoms with E-state index in [4.69, 9.17) is 10.5 Å². The molecule has 1 aliphatic rings. The van der Waals surface area contributed by atoms with Gasteiger partial charge in [0.15, 0.2) is 0 Å². The molecule has 18 heavy (non-hydrogen) atoms. The van der Waals surface area contributed by atoms with Crippen LogP contribution >= 0.6 is 0 Å². The Balaban J connectivity index is 2.26. The van der Waals surface area contributed by atoms with Crippen LogP contribution in [0.15, 0.2) is 12.3 Å². The molecule has 3 N–H and O–H groups in total. The fraction of sp³-hybridized carbons (Fsp3) is 0.643. The summed E-state index contributed by atoms with van der Waals surface area (Å²) in [5.74, 6) is 0.431. The van der Waals surface area contributed by atoms with E-state index in [2.05, 4.69) is 11.9 Å². The summed E-state index contributed by atoms with van der Waals surface area (Å²) < 4.78 is 5.68. The number of aryl methyl sites for hydroxylation is 1. The Labute approximate surface area is 108 Å². The Morgan fingerprint density at radius 3 is 3.11 bits per heavy atom. The van der Waals surface area contributed by atoms with Crippen LogP contribution in [0.2, 0.25) is 0 Å². The van der Waals surface area contributed by atoms with Crippen LogP contribution in [-0.2, 0) is 10.3 Å². The van der Waals surface area contributed by atoms with Crippen LogP contribution in [0.1, 0.15) is 43.7 Å². The van der Waals surface area contributed by atoms with Gasteiger partial charge in [0.25, 0.3) is 0 Å². The zero-order valence-electron chi connectivity index (χ0n) is 11.1. The molecular formula is C14H22N2O2. The first-order valence-electron chi connectivity index (χ1n) is 6.62. The number of nitrogens with two attached hydrogens (primary N) is 1. The zero-order valence-corrected chi connectivity index (χ0v) is 11.1. The molecule has 1 fully saturated rings. The smallest absolute Gasteiger partial charge is 0.129 e. The van der Waals surface area contributed by atoms with Crippen LogP contribution in [0.25, 0.3) is 0 Å². The molecule has 1 aromatic heterocycles. The molecule has 2 unspecified atom stereocenters. The molecule has 1 aromatic rings. The minimum absolute atomic E-state index is 0.119. The van der Waals surface area contributed by atoms with Gasteiger partial charge in [0.2, 0.25) is 0 Å². The van der Waals surface area contributed by atoms with E-state index in [0.29, 0.717) is 25.3 Å². The molecule has 2 rings (SSSR count). The molecule has 2 heterocycles. The van der Waals surface area contributed by atoms with Gasteiger partial charge in [0.05, 0.1) is 18.3 Å². The highest BCUT2D eigenvalue weighted by atomic mass is 16.5. The fourth-order valence-electron chi connectivity index (χ4n) is 2.64. The average Bonchev–Trinajstić information content (AvgIpc) is 2.33. The second kappa shape index (κ2) is 5.24. The van der Waals surface area contributed by atoms with E-state index in [0.717, 1.165) is 24.0 Å². The molecule has 1 aliphatic heterocycles. The minimum Gasteiger partial charge on any atom is -0.385 e. The molecular weight excluding hydrogens is 228 g/mol. The monoisotopic (exact) mass is 250 g/mol. The number of ether oxygens (including phenoxy) is 1. The van der Waals surface area contributed by atoms with Crippen LogP contribution < -0.4 is 5.73 Å². The lowest BCUT2D eigenvalue weighted by atomic mass is 9.82. The van der Waals surface area contributed by atoms with Crippen molar-refractivity contribution in [3.05, 3.63) is 23.4 Å². The van der Waals surface area contributed by atoms with Crippen molar-refractivity contribution < 1.29 is 9.84 Å². The van der Waals surface area contributed by atoms with Gasteiger partial charge in [-0.25, -0.2) is 4.98 Å². The SMILES string of the molecule is CCCC1CC(O)(c2cc(C)cnc2N)CCO1. The summed E-state index contributed by atoms with van der Waals surface area (Å²) in [6, 6.07) is 1.94. The van der Waals surface area contributed by atoms with Crippen molar-refractivity contribution in [2.45, 2.75) is 51.2 Å². The van der Waals surface area contributed by atoms with E-state index in [9.17, 15) is 5.11 Å². The van der Waals surface area contributed by atoms with Gasteiger partial charge in [0, 0.05) is 24.6 Å². The average molecular weight is 250 g/mol. The lowest BCUT2D eigenvalue weighted by molar-refractivity contribution is -0.109. The minimum atomic E-state index is -0.888. The van der Waals surface area contributed by atoms with E-state index in [1.807, 2.05) is 13.0 Å². The lowest BCUT2D eigenvalue weighted by Gasteiger charge is -2.37. The summed E-state index contributed by atoms with van der Waals surface area (Å²) in [5, 5.41) is 10.8. The first kappa shape index (κ1) is 13.3. The topological polar surface area (TPSA) is 68.4 Å². The molecule has 0 amide bonds. The standard InChI is InChI=1S/C14H22N2O2/c1-3-4-11-8-14(17,5-6-18-11)12-7-10(2)9-16-13(12)15/h7,9,11,17H,3-6,8H2,1-2H3,(H2,15,16). The molecule has 100 valence electrons. The largest absolute Gasteiger partial charge is 0.385 e. The number of rotatable bonds is 3. The molecule has 0 spiro atoms. The number of pyridine rings is 1. The maximum Gasteiger partial charge on any atom is 0.129 e. The third-order valence-corrected chi connectivity index (χ3v) is 3.60. The number of hydrogen-bond acceptors (Lipinski definition) is 4. The Bertz CT molecular complexity index is 420. The van der Waals surface area contributed by atoms with Gasteiger partial charge in [-0.2, -0.15) is 0 Å². The van der Waals surface area contributed by atoms with Gasteiger partial charge < -0.3 is 15.6 Å². The Morgan fingerprint density at radius 2 is 2.39 bits per heavy atom. The van der Waals surface area contributed by atoms with Crippen LogP contribution in [-0.4, -0.2) is 22.8 Å². The van der Waals surface area contributed by atoms with Gasteiger partial charge in [-0.1, -0.05) is 13.3 Å². The van der Waals surface area contributed by atoms with Crippen LogP contribution in [0.3, 0.4) is 0 Å². The second-order valence-corrected chi connectivity index (χ2v) is 5.21. The number of aliphatic hydroxyl groups is 1. The summed E-state index contributed by atoms with van der Waals surface area (Å²) in [5.41, 5.74) is 6.80. The van der Waals surface area contributed by atoms with E-state index >= 15 is 0 Å². The fourth-order valence-corrected chi connectivity index (χ4v) is 2.64. The van der Waals surface area contributed by atoms with Crippen molar-refractivity contribution in [2.24, 2.45) is 0 Å². The molecule has 0 saturated carbocycles. The summed E-state index contributed by atoms with van der Waals surface area (Å²) >= 11 is 0. The van der Waals surface area contributed by atoms with E-state index < -0.39 is 5.60 Å². The van der Waals surface area contributed by atoms with Crippen LogP contribution in [0.5, 0.6) is 0 Å². The number of anilines is 1. The highest BCUT2D eigenvalue weighted by Gasteiger charge is 2.38. The summed E-state index contributed by atoms with van der Waals surface area (Å²) in [6.07, 6.45) is 5.07. The zero-order chi connectivity index (χ0) is 13.2. The van der Waals surface area contributed by atoms with Crippen LogP contribution in [0, 0.1) is 6.92 Å². The molecule has 2 atom stereocenters. The molecule has 4 heteroatoms. The number of nitrogens with zero attached hydrogens (tertiary/aromatic N) is 1. The van der Waals surface area contributed by atoms with Gasteiger partial charge in [-0.15, -0.1) is 0 Å². The predicted octanol–water partition coefficient (Wildman–Crippen LogP) is 2.14. The Kier molecular flexibility index (Phi) is 3.88. The normalized spacial score (nSPS) is 28.3. The highest BCUT2D eigenvalue weighted by molar-refractivity contribution is 5.45. The van der Waals surface area contributed by atoms with E-state index in [1.54, 1.807) is 6.20 Å². The Morgan fingerprint density at radius 1 is 1.61 bits per heavy atom. The van der Waals surface area contributed by atoms with E-state index in [-0.39, 0.29) is 6.10 Å². The van der Waals surface area contributed by atoms with Crippen molar-refractivity contribution >= 4 is 5.82 Å². The molecule has 0 aliphatic carbocycles. The summed E-state index contributed by atoms with van der Waals surface area (Å²) in [7, 11) is 0. The molecule has 1 saturated heterocycles. The van der Waals surface area contributed by atoms with Crippen LogP contribution in [0.4, 0.5) is 5.82 Å². The first-order valence-corrected chi connectivity index (χ1v) is 6.62. The maximum atomic E-state index is 10.8. The van der Waals surface area contributed by atoms with Crippen molar-refractivity contribution in [1.29, 1.82) is 0 Å². The van der Waals surface area contributed by atoms with Crippen molar-refractivity contribution in [3.63, 3.8) is 0 Å². The first-order chi connectivity index (χ1) is 8.55. The van der Waals surface area contributed by atoms with Gasteiger partial charge >= 0.3 is 0 Å². The van der Waals surface area contributed by atoms with Crippen molar-refractivity contribution in [2.75, 3.05) is 12.3 Å². The van der Waals surface area contributed by atoms with E-state index in [1.165, 1.54) is 0 Å². The quantitative estimate of drug-likeness (QED) is 0.862. The molecule has 0 bridgehead atoms. The number of aromatic nitrogens is 1. The molecule has 0 radical (unpaired) electrons. The van der Waals surface area contributed by atoms with Crippen molar-refractivity contribution in [1.82, 2.24) is 4.98 Å². The molecule has 0 aromatic carbocycles. The summed E-state index contributed by atoms with van der Waals surface area (Å²) in [6.45, 7) is 4.66. The van der Waals surface area contributed by atoms with Crippen molar-refractivity contribution in [3.8, 4) is 0 Å². The Hall–Kier alpha value is -1.13. The maximum absolute atomic E-state index is 10.8. The van der Waals surface area contributed by atoms with Gasteiger partial charge in [-0.3, -0.25) is 0 Å². The van der Waals surface area contributed by atoms with Gasteiger partial charge in [0.1, 0.15) is 5.82 Å². The third kappa shape index (κ3) is 2.65. The number of nitrogen functional groups attached to an aromatic ring is 1. The lowest BCUT2D eigenvalue weighted by Crippen LogP contribution is -2.39. The number of hydrogen-bond donors (Lipinski definition) is 2. The second-order valence-electron chi connectivity index (χ2n) is 5.21. The third-order valence-electron chi connectivity index (χ3n) is 3.60. The predicted molar refractivity (Wildman–Crippen MR) is 71.2 cm³/mol. The summed E-state index contributed by atoms with van der Waals surface area (Å²) in [4.78, 5) is 4.15. The van der Waals surface area contributed by atoms with Gasteiger partial charge in [-0.05, 0) is 25.0 Å². The molecule has 4 nitrogen and oxygen atoms in total. The highest BCUT2D eigenvalue weighted by Crippen LogP contribution is 2.38.